The molecule has 0 radical (unpaired) electrons. The maximum absolute atomic E-state index is 5.67. The third kappa shape index (κ3) is 5.01. The lowest BCUT2D eigenvalue weighted by atomic mass is 10.2. The van der Waals surface area contributed by atoms with Gasteiger partial charge >= 0.3 is 0 Å². The van der Waals surface area contributed by atoms with Crippen molar-refractivity contribution in [3.8, 4) is 17.6 Å². The Balaban J connectivity index is 2.69. The van der Waals surface area contributed by atoms with Crippen LogP contribution in [0.15, 0.2) is 21.1 Å². The van der Waals surface area contributed by atoms with Crippen LogP contribution in [0.2, 0.25) is 0 Å². The van der Waals surface area contributed by atoms with Gasteiger partial charge < -0.3 is 10.1 Å². The van der Waals surface area contributed by atoms with Crippen molar-refractivity contribution in [2.45, 2.75) is 26.8 Å². The molecule has 1 aromatic rings. The fourth-order valence-corrected chi connectivity index (χ4v) is 2.98. The third-order valence-electron chi connectivity index (χ3n) is 2.29. The predicted octanol–water partition coefficient (Wildman–Crippen LogP) is 4.11. The quantitative estimate of drug-likeness (QED) is 0.597. The van der Waals surface area contributed by atoms with Crippen LogP contribution < -0.4 is 10.1 Å². The van der Waals surface area contributed by atoms with Crippen LogP contribution in [0.1, 0.15) is 25.8 Å². The molecular formula is C14H17Br2NO. The zero-order valence-corrected chi connectivity index (χ0v) is 13.8. The van der Waals surface area contributed by atoms with Crippen LogP contribution in [0, 0.1) is 11.8 Å². The lowest BCUT2D eigenvalue weighted by Crippen LogP contribution is -2.15. The van der Waals surface area contributed by atoms with Gasteiger partial charge in [-0.2, -0.15) is 0 Å². The highest BCUT2D eigenvalue weighted by Crippen LogP contribution is 2.32. The maximum atomic E-state index is 5.67. The first-order chi connectivity index (χ1) is 8.69. The molecular weight excluding hydrogens is 358 g/mol. The number of hydrogen-bond acceptors (Lipinski definition) is 2. The van der Waals surface area contributed by atoms with E-state index in [0.29, 0.717) is 6.61 Å². The van der Waals surface area contributed by atoms with Gasteiger partial charge in [0.1, 0.15) is 5.75 Å². The van der Waals surface area contributed by atoms with Crippen molar-refractivity contribution in [2.75, 3.05) is 13.2 Å². The average Bonchev–Trinajstić information content (AvgIpc) is 2.33. The highest BCUT2D eigenvalue weighted by atomic mass is 79.9. The van der Waals surface area contributed by atoms with Crippen molar-refractivity contribution < 1.29 is 4.74 Å². The lowest BCUT2D eigenvalue weighted by molar-refractivity contribution is 0.333. The van der Waals surface area contributed by atoms with E-state index in [2.05, 4.69) is 55.1 Å². The molecule has 4 heteroatoms. The minimum atomic E-state index is 0.661. The molecule has 0 bridgehead atoms. The Hall–Kier alpha value is -0.500. The molecule has 1 rings (SSSR count). The smallest absolute Gasteiger partial charge is 0.138 e. The molecule has 2 nitrogen and oxygen atoms in total. The maximum Gasteiger partial charge on any atom is 0.138 e. The fourth-order valence-electron chi connectivity index (χ4n) is 1.55. The summed E-state index contributed by atoms with van der Waals surface area (Å²) in [6.07, 6.45) is 0.871. The Bertz CT molecular complexity index is 449. The molecule has 0 aliphatic heterocycles. The first-order valence-electron chi connectivity index (χ1n) is 5.90. The topological polar surface area (TPSA) is 21.3 Å². The molecule has 1 N–H and O–H groups in total. The molecule has 0 amide bonds. The number of hydrogen-bond donors (Lipinski definition) is 1. The monoisotopic (exact) mass is 373 g/mol. The molecule has 18 heavy (non-hydrogen) atoms. The molecule has 0 atom stereocenters. The van der Waals surface area contributed by atoms with Gasteiger partial charge in [-0.05, 0) is 41.9 Å². The molecule has 0 unspecified atom stereocenters. The summed E-state index contributed by atoms with van der Waals surface area (Å²) in [6.45, 7) is 6.17. The molecule has 98 valence electrons. The van der Waals surface area contributed by atoms with Crippen LogP contribution in [0.4, 0.5) is 0 Å². The predicted molar refractivity (Wildman–Crippen MR) is 82.8 cm³/mol. The molecule has 0 aliphatic carbocycles. The van der Waals surface area contributed by atoms with Crippen LogP contribution in [-0.2, 0) is 6.54 Å². The van der Waals surface area contributed by atoms with E-state index in [0.717, 1.165) is 39.8 Å². The normalized spacial score (nSPS) is 9.78. The Morgan fingerprint density at radius 1 is 1.33 bits per heavy atom. The van der Waals surface area contributed by atoms with Gasteiger partial charge in [-0.25, -0.2) is 0 Å². The van der Waals surface area contributed by atoms with E-state index in [-0.39, 0.29) is 0 Å². The van der Waals surface area contributed by atoms with E-state index < -0.39 is 0 Å². The molecule has 0 heterocycles. The molecule has 0 saturated heterocycles. The molecule has 0 spiro atoms. The average molecular weight is 375 g/mol. The first-order valence-corrected chi connectivity index (χ1v) is 7.48. The summed E-state index contributed by atoms with van der Waals surface area (Å²) in [7, 11) is 0. The van der Waals surface area contributed by atoms with Crippen LogP contribution in [-0.4, -0.2) is 13.2 Å². The van der Waals surface area contributed by atoms with Gasteiger partial charge in [-0.1, -0.05) is 15.9 Å². The highest BCUT2D eigenvalue weighted by molar-refractivity contribution is 9.11. The summed E-state index contributed by atoms with van der Waals surface area (Å²) < 4.78 is 7.69. The lowest BCUT2D eigenvalue weighted by Gasteiger charge is -2.13. The number of rotatable bonds is 6. The van der Waals surface area contributed by atoms with Crippen LogP contribution in [0.3, 0.4) is 0 Å². The summed E-state index contributed by atoms with van der Waals surface area (Å²) in [5, 5.41) is 3.37. The summed E-state index contributed by atoms with van der Waals surface area (Å²) in [5.41, 5.74) is 1.14. The Kier molecular flexibility index (Phi) is 7.41. The summed E-state index contributed by atoms with van der Waals surface area (Å²) in [4.78, 5) is 0. The molecule has 1 aromatic carbocycles. The Morgan fingerprint density at radius 3 is 2.78 bits per heavy atom. The second-order valence-electron chi connectivity index (χ2n) is 3.66. The van der Waals surface area contributed by atoms with Gasteiger partial charge in [0, 0.05) is 29.5 Å². The van der Waals surface area contributed by atoms with E-state index in [4.69, 9.17) is 4.74 Å². The SMILES string of the molecule is CC#CCCNCc1cc(Br)cc(Br)c1OCC. The van der Waals surface area contributed by atoms with Crippen molar-refractivity contribution >= 4 is 31.9 Å². The van der Waals surface area contributed by atoms with Crippen molar-refractivity contribution in [3.05, 3.63) is 26.6 Å². The fraction of sp³-hybridized carbons (Fsp3) is 0.429. The van der Waals surface area contributed by atoms with E-state index in [1.54, 1.807) is 0 Å². The van der Waals surface area contributed by atoms with Crippen LogP contribution in [0.25, 0.3) is 0 Å². The Morgan fingerprint density at radius 2 is 2.11 bits per heavy atom. The number of nitrogens with one attached hydrogen (secondary N) is 1. The van der Waals surface area contributed by atoms with Crippen molar-refractivity contribution in [2.24, 2.45) is 0 Å². The van der Waals surface area contributed by atoms with Gasteiger partial charge in [0.2, 0.25) is 0 Å². The zero-order valence-electron chi connectivity index (χ0n) is 10.6. The van der Waals surface area contributed by atoms with Crippen molar-refractivity contribution in [1.29, 1.82) is 0 Å². The van der Waals surface area contributed by atoms with Crippen LogP contribution >= 0.6 is 31.9 Å². The largest absolute Gasteiger partial charge is 0.492 e. The molecule has 0 aromatic heterocycles. The second kappa shape index (κ2) is 8.58. The molecule has 0 aliphatic rings. The van der Waals surface area contributed by atoms with Crippen molar-refractivity contribution in [3.63, 3.8) is 0 Å². The van der Waals surface area contributed by atoms with E-state index >= 15 is 0 Å². The van der Waals surface area contributed by atoms with Crippen molar-refractivity contribution in [1.82, 2.24) is 5.32 Å². The zero-order chi connectivity index (χ0) is 13.4. The van der Waals surface area contributed by atoms with E-state index in [1.807, 2.05) is 19.9 Å². The molecule has 0 saturated carbocycles. The first kappa shape index (κ1) is 15.6. The number of halogens is 2. The number of benzene rings is 1. The van der Waals surface area contributed by atoms with Gasteiger partial charge in [0.05, 0.1) is 11.1 Å². The molecule has 0 fully saturated rings. The standard InChI is InChI=1S/C14H17Br2NO/c1-3-5-6-7-17-10-11-8-12(15)9-13(16)14(11)18-4-2/h8-9,17H,4,6-7,10H2,1-2H3. The number of ether oxygens (including phenoxy) is 1. The minimum absolute atomic E-state index is 0.661. The van der Waals surface area contributed by atoms with E-state index in [1.165, 1.54) is 0 Å². The van der Waals surface area contributed by atoms with Gasteiger partial charge in [0.25, 0.3) is 0 Å². The van der Waals surface area contributed by atoms with E-state index in [9.17, 15) is 0 Å². The Labute approximate surface area is 126 Å². The van der Waals surface area contributed by atoms with Gasteiger partial charge in [-0.3, -0.25) is 0 Å². The summed E-state index contributed by atoms with van der Waals surface area (Å²) in [5.74, 6) is 6.83. The minimum Gasteiger partial charge on any atom is -0.492 e. The van der Waals surface area contributed by atoms with Gasteiger partial charge in [0.15, 0.2) is 0 Å². The third-order valence-corrected chi connectivity index (χ3v) is 3.34. The second-order valence-corrected chi connectivity index (χ2v) is 5.43. The summed E-state index contributed by atoms with van der Waals surface area (Å²) >= 11 is 7.02. The van der Waals surface area contributed by atoms with Gasteiger partial charge in [-0.15, -0.1) is 11.8 Å². The highest BCUT2D eigenvalue weighted by Gasteiger charge is 2.09. The van der Waals surface area contributed by atoms with Crippen LogP contribution in [0.5, 0.6) is 5.75 Å². The summed E-state index contributed by atoms with van der Waals surface area (Å²) in [6, 6.07) is 4.07.